The minimum atomic E-state index is -4.28. The molecule has 13 heavy (non-hydrogen) atoms. The topological polar surface area (TPSA) is 12.0 Å². The van der Waals surface area contributed by atoms with Crippen molar-refractivity contribution < 1.29 is 13.2 Å². The van der Waals surface area contributed by atoms with E-state index in [0.717, 1.165) is 6.07 Å². The number of benzene rings is 1. The van der Waals surface area contributed by atoms with Gasteiger partial charge in [-0.2, -0.15) is 13.2 Å². The van der Waals surface area contributed by atoms with Crippen molar-refractivity contribution in [2.45, 2.75) is 6.18 Å². The maximum Gasteiger partial charge on any atom is 0.418 e. The van der Waals surface area contributed by atoms with Gasteiger partial charge in [-0.15, -0.1) is 12.4 Å². The van der Waals surface area contributed by atoms with Gasteiger partial charge in [-0.1, -0.05) is 12.1 Å². The second-order valence-corrected chi connectivity index (χ2v) is 2.29. The van der Waals surface area contributed by atoms with Crippen LogP contribution in [0.2, 0.25) is 0 Å². The molecule has 74 valence electrons. The van der Waals surface area contributed by atoms with Crippen LogP contribution < -0.4 is 5.32 Å². The number of rotatable bonds is 1. The van der Waals surface area contributed by atoms with Crippen LogP contribution in [0.5, 0.6) is 0 Å². The predicted molar refractivity (Wildman–Crippen MR) is 48.2 cm³/mol. The van der Waals surface area contributed by atoms with Crippen molar-refractivity contribution in [1.82, 2.24) is 0 Å². The molecule has 1 rings (SSSR count). The van der Waals surface area contributed by atoms with E-state index in [1.165, 1.54) is 19.2 Å². The molecule has 0 aromatic heterocycles. The minimum absolute atomic E-state index is 0. The molecule has 5 heteroatoms. The third-order valence-electron chi connectivity index (χ3n) is 1.50. The molecule has 0 amide bonds. The molecule has 0 saturated carbocycles. The molecule has 0 atom stereocenters. The molecular weight excluding hydrogens is 203 g/mol. The summed E-state index contributed by atoms with van der Waals surface area (Å²) in [7, 11) is 1.46. The summed E-state index contributed by atoms with van der Waals surface area (Å²) in [5.74, 6) is 0. The van der Waals surface area contributed by atoms with Gasteiger partial charge in [0.25, 0.3) is 0 Å². The molecule has 0 radical (unpaired) electrons. The molecule has 0 heterocycles. The zero-order valence-corrected chi connectivity index (χ0v) is 7.67. The quantitative estimate of drug-likeness (QED) is 0.753. The summed E-state index contributed by atoms with van der Waals surface area (Å²) in [5.41, 5.74) is -0.530. The van der Waals surface area contributed by atoms with Gasteiger partial charge in [0.1, 0.15) is 0 Å². The average Bonchev–Trinajstić information content (AvgIpc) is 2.03. The Bertz CT molecular complexity index is 272. The van der Waals surface area contributed by atoms with Crippen LogP contribution in [-0.4, -0.2) is 7.05 Å². The first kappa shape index (κ1) is 12.1. The molecule has 0 aliphatic heterocycles. The van der Waals surface area contributed by atoms with Crippen molar-refractivity contribution in [3.05, 3.63) is 29.8 Å². The summed E-state index contributed by atoms with van der Waals surface area (Å²) >= 11 is 0. The van der Waals surface area contributed by atoms with E-state index in [1.807, 2.05) is 0 Å². The number of hydrogen-bond acceptors (Lipinski definition) is 1. The van der Waals surface area contributed by atoms with Crippen molar-refractivity contribution in [2.24, 2.45) is 0 Å². The highest BCUT2D eigenvalue weighted by Crippen LogP contribution is 2.34. The smallest absolute Gasteiger partial charge is 0.388 e. The molecule has 0 aliphatic rings. The lowest BCUT2D eigenvalue weighted by Gasteiger charge is -2.11. The SMILES string of the molecule is CNc1ccccc1C(F)(F)F.Cl. The standard InChI is InChI=1S/C8H8F3N.ClH/c1-12-7-5-3-2-4-6(7)8(9,10)11;/h2-5,12H,1H3;1H. The lowest BCUT2D eigenvalue weighted by molar-refractivity contribution is -0.136. The van der Waals surface area contributed by atoms with E-state index < -0.39 is 11.7 Å². The second-order valence-electron chi connectivity index (χ2n) is 2.29. The van der Waals surface area contributed by atoms with Crippen molar-refractivity contribution in [3.63, 3.8) is 0 Å². The molecule has 1 N–H and O–H groups in total. The van der Waals surface area contributed by atoms with Crippen molar-refractivity contribution in [3.8, 4) is 0 Å². The lowest BCUT2D eigenvalue weighted by Crippen LogP contribution is -2.08. The lowest BCUT2D eigenvalue weighted by atomic mass is 10.2. The van der Waals surface area contributed by atoms with Crippen molar-refractivity contribution >= 4 is 18.1 Å². The molecule has 0 unspecified atom stereocenters. The maximum absolute atomic E-state index is 12.2. The first-order valence-corrected chi connectivity index (χ1v) is 3.39. The monoisotopic (exact) mass is 211 g/mol. The predicted octanol–water partition coefficient (Wildman–Crippen LogP) is 3.17. The highest BCUT2D eigenvalue weighted by atomic mass is 35.5. The molecule has 0 spiro atoms. The zero-order chi connectivity index (χ0) is 9.19. The largest absolute Gasteiger partial charge is 0.418 e. The summed E-state index contributed by atoms with van der Waals surface area (Å²) in [4.78, 5) is 0. The Morgan fingerprint density at radius 1 is 1.15 bits per heavy atom. The molecule has 1 nitrogen and oxygen atoms in total. The van der Waals surface area contributed by atoms with E-state index in [-0.39, 0.29) is 18.1 Å². The van der Waals surface area contributed by atoms with Gasteiger partial charge in [0.15, 0.2) is 0 Å². The molecule has 1 aromatic rings. The number of halogens is 4. The van der Waals surface area contributed by atoms with E-state index in [9.17, 15) is 13.2 Å². The van der Waals surface area contributed by atoms with Gasteiger partial charge < -0.3 is 5.32 Å². The minimum Gasteiger partial charge on any atom is -0.388 e. The van der Waals surface area contributed by atoms with Crippen LogP contribution in [0, 0.1) is 0 Å². The van der Waals surface area contributed by atoms with Crippen LogP contribution in [0.3, 0.4) is 0 Å². The van der Waals surface area contributed by atoms with E-state index in [0.29, 0.717) is 0 Å². The number of hydrogen-bond donors (Lipinski definition) is 1. The molecule has 1 aromatic carbocycles. The Morgan fingerprint density at radius 2 is 1.69 bits per heavy atom. The van der Waals surface area contributed by atoms with Gasteiger partial charge in [-0.25, -0.2) is 0 Å². The van der Waals surface area contributed by atoms with Gasteiger partial charge in [0, 0.05) is 12.7 Å². The van der Waals surface area contributed by atoms with Crippen LogP contribution >= 0.6 is 12.4 Å². The zero-order valence-electron chi connectivity index (χ0n) is 6.85. The van der Waals surface area contributed by atoms with Crippen LogP contribution in [0.15, 0.2) is 24.3 Å². The molecule has 0 saturated heterocycles. The Hall–Kier alpha value is -0.900. The molecule has 0 aliphatic carbocycles. The summed E-state index contributed by atoms with van der Waals surface area (Å²) in [6.07, 6.45) is -4.28. The molecule has 0 fully saturated rings. The number of alkyl halides is 3. The van der Waals surface area contributed by atoms with E-state index in [2.05, 4.69) is 5.32 Å². The van der Waals surface area contributed by atoms with Gasteiger partial charge in [-0.3, -0.25) is 0 Å². The van der Waals surface area contributed by atoms with Gasteiger partial charge >= 0.3 is 6.18 Å². The van der Waals surface area contributed by atoms with Crippen LogP contribution in [0.4, 0.5) is 18.9 Å². The Balaban J connectivity index is 0.00000144. The Kier molecular flexibility index (Phi) is 4.07. The first-order valence-electron chi connectivity index (χ1n) is 3.39. The van der Waals surface area contributed by atoms with Gasteiger partial charge in [0.2, 0.25) is 0 Å². The van der Waals surface area contributed by atoms with Crippen LogP contribution in [0.1, 0.15) is 5.56 Å². The second kappa shape index (κ2) is 4.37. The highest BCUT2D eigenvalue weighted by Gasteiger charge is 2.32. The highest BCUT2D eigenvalue weighted by molar-refractivity contribution is 5.85. The van der Waals surface area contributed by atoms with E-state index >= 15 is 0 Å². The summed E-state index contributed by atoms with van der Waals surface area (Å²) in [6, 6.07) is 5.36. The number of anilines is 1. The summed E-state index contributed by atoms with van der Waals surface area (Å²) in [5, 5.41) is 2.48. The fourth-order valence-electron chi connectivity index (χ4n) is 0.948. The number of para-hydroxylation sites is 1. The van der Waals surface area contributed by atoms with Crippen molar-refractivity contribution in [2.75, 3.05) is 12.4 Å². The number of nitrogens with one attached hydrogen (secondary N) is 1. The molecule has 0 bridgehead atoms. The Morgan fingerprint density at radius 3 is 2.08 bits per heavy atom. The third-order valence-corrected chi connectivity index (χ3v) is 1.50. The van der Waals surface area contributed by atoms with Gasteiger partial charge in [-0.05, 0) is 12.1 Å². The fourth-order valence-corrected chi connectivity index (χ4v) is 0.948. The van der Waals surface area contributed by atoms with E-state index in [4.69, 9.17) is 0 Å². The third kappa shape index (κ3) is 2.81. The van der Waals surface area contributed by atoms with Crippen LogP contribution in [-0.2, 0) is 6.18 Å². The van der Waals surface area contributed by atoms with Crippen LogP contribution in [0.25, 0.3) is 0 Å². The maximum atomic E-state index is 12.2. The fraction of sp³-hybridized carbons (Fsp3) is 0.250. The first-order chi connectivity index (χ1) is 5.55. The average molecular weight is 212 g/mol. The molecular formula is C8H9ClF3N. The summed E-state index contributed by atoms with van der Waals surface area (Å²) in [6.45, 7) is 0. The Labute approximate surface area is 80.4 Å². The van der Waals surface area contributed by atoms with E-state index in [1.54, 1.807) is 6.07 Å². The summed E-state index contributed by atoms with van der Waals surface area (Å²) < 4.78 is 36.6. The normalized spacial score (nSPS) is 10.5. The van der Waals surface area contributed by atoms with Gasteiger partial charge in [0.05, 0.1) is 5.56 Å². The van der Waals surface area contributed by atoms with Crippen molar-refractivity contribution in [1.29, 1.82) is 0 Å².